The van der Waals surface area contributed by atoms with E-state index in [0.29, 0.717) is 18.4 Å². The lowest BCUT2D eigenvalue weighted by molar-refractivity contribution is -0.139. The molecule has 0 radical (unpaired) electrons. The van der Waals surface area contributed by atoms with Crippen LogP contribution < -0.4 is 5.73 Å². The molecule has 1 aliphatic heterocycles. The van der Waals surface area contributed by atoms with E-state index < -0.39 is 5.97 Å². The van der Waals surface area contributed by atoms with Gasteiger partial charge in [-0.05, 0) is 37.5 Å². The number of amides is 1. The maximum atomic E-state index is 12.4. The largest absolute Gasteiger partial charge is 0.481 e. The molecule has 1 atom stereocenters. The molecule has 1 amide bonds. The summed E-state index contributed by atoms with van der Waals surface area (Å²) in [6.07, 6.45) is 3.63. The molecule has 20 heavy (non-hydrogen) atoms. The van der Waals surface area contributed by atoms with Gasteiger partial charge in [0.05, 0.1) is 5.92 Å². The van der Waals surface area contributed by atoms with Crippen LogP contribution in [0.1, 0.15) is 46.0 Å². The van der Waals surface area contributed by atoms with E-state index in [0.717, 1.165) is 38.8 Å². The van der Waals surface area contributed by atoms with E-state index in [-0.39, 0.29) is 18.2 Å². The van der Waals surface area contributed by atoms with Gasteiger partial charge in [0, 0.05) is 26.1 Å². The van der Waals surface area contributed by atoms with E-state index in [1.807, 2.05) is 4.90 Å². The Kier molecular flexibility index (Phi) is 6.99. The predicted octanol–water partition coefficient (Wildman–Crippen LogP) is 1.71. The summed E-state index contributed by atoms with van der Waals surface area (Å²) < 4.78 is 0. The second kappa shape index (κ2) is 8.25. The third kappa shape index (κ3) is 5.49. The third-order valence-corrected chi connectivity index (χ3v) is 4.08. The first-order valence-electron chi connectivity index (χ1n) is 7.64. The summed E-state index contributed by atoms with van der Waals surface area (Å²) in [4.78, 5) is 24.9. The van der Waals surface area contributed by atoms with Crippen molar-refractivity contribution in [3.63, 3.8) is 0 Å². The fraction of sp³-hybridized carbons (Fsp3) is 0.867. The van der Waals surface area contributed by atoms with Gasteiger partial charge in [0.25, 0.3) is 0 Å². The van der Waals surface area contributed by atoms with Gasteiger partial charge >= 0.3 is 5.97 Å². The van der Waals surface area contributed by atoms with Crippen molar-refractivity contribution in [2.75, 3.05) is 19.6 Å². The maximum Gasteiger partial charge on any atom is 0.303 e. The van der Waals surface area contributed by atoms with Gasteiger partial charge in [0.1, 0.15) is 0 Å². The van der Waals surface area contributed by atoms with Crippen molar-refractivity contribution in [1.82, 2.24) is 4.90 Å². The van der Waals surface area contributed by atoms with Crippen molar-refractivity contribution in [2.24, 2.45) is 23.5 Å². The Balaban J connectivity index is 2.39. The van der Waals surface area contributed by atoms with E-state index in [4.69, 9.17) is 10.8 Å². The molecule has 1 saturated heterocycles. The number of nitrogens with two attached hydrogens (primary N) is 1. The van der Waals surface area contributed by atoms with Crippen LogP contribution in [0.3, 0.4) is 0 Å². The highest BCUT2D eigenvalue weighted by Crippen LogP contribution is 2.24. The number of carbonyl (C=O) groups excluding carboxylic acids is 1. The summed E-state index contributed by atoms with van der Waals surface area (Å²) in [5.41, 5.74) is 5.72. The van der Waals surface area contributed by atoms with Gasteiger partial charge in [-0.15, -0.1) is 0 Å². The number of rotatable bonds is 7. The van der Waals surface area contributed by atoms with Gasteiger partial charge in [-0.2, -0.15) is 0 Å². The van der Waals surface area contributed by atoms with E-state index in [9.17, 15) is 9.59 Å². The summed E-state index contributed by atoms with van der Waals surface area (Å²) in [5, 5.41) is 8.69. The van der Waals surface area contributed by atoms with Gasteiger partial charge in [0.15, 0.2) is 0 Å². The lowest BCUT2D eigenvalue weighted by Gasteiger charge is -2.34. The predicted molar refractivity (Wildman–Crippen MR) is 78.2 cm³/mol. The molecule has 3 N–H and O–H groups in total. The van der Waals surface area contributed by atoms with Crippen LogP contribution in [0.2, 0.25) is 0 Å². The molecule has 5 heteroatoms. The topological polar surface area (TPSA) is 83.6 Å². The molecule has 1 unspecified atom stereocenters. The first-order valence-corrected chi connectivity index (χ1v) is 7.64. The van der Waals surface area contributed by atoms with Gasteiger partial charge in [0.2, 0.25) is 5.91 Å². The Morgan fingerprint density at radius 1 is 1.30 bits per heavy atom. The molecule has 0 aromatic carbocycles. The number of hydrogen-bond donors (Lipinski definition) is 2. The fourth-order valence-corrected chi connectivity index (χ4v) is 2.89. The zero-order valence-corrected chi connectivity index (χ0v) is 12.7. The summed E-state index contributed by atoms with van der Waals surface area (Å²) in [6, 6.07) is 0. The van der Waals surface area contributed by atoms with Crippen LogP contribution in [0.4, 0.5) is 0 Å². The second-order valence-corrected chi connectivity index (χ2v) is 6.26. The Labute approximate surface area is 121 Å². The summed E-state index contributed by atoms with van der Waals surface area (Å²) in [6.45, 7) is 6.12. The highest BCUT2D eigenvalue weighted by molar-refractivity contribution is 5.79. The van der Waals surface area contributed by atoms with E-state index >= 15 is 0 Å². The minimum atomic E-state index is -0.733. The Hall–Kier alpha value is -1.10. The first-order chi connectivity index (χ1) is 9.43. The molecule has 0 bridgehead atoms. The number of nitrogens with zero attached hydrogens (tertiary/aromatic N) is 1. The highest BCUT2D eigenvalue weighted by Gasteiger charge is 2.27. The molecule has 1 heterocycles. The van der Waals surface area contributed by atoms with E-state index in [1.165, 1.54) is 0 Å². The third-order valence-electron chi connectivity index (χ3n) is 4.08. The number of carboxylic acids is 1. The fourth-order valence-electron chi connectivity index (χ4n) is 2.89. The van der Waals surface area contributed by atoms with Crippen molar-refractivity contribution in [3.05, 3.63) is 0 Å². The SMILES string of the molecule is CC(C)CC(CN)C(=O)N1CCC(CCC(=O)O)CC1. The molecule has 0 aromatic rings. The molecule has 116 valence electrons. The van der Waals surface area contributed by atoms with Gasteiger partial charge in [-0.3, -0.25) is 9.59 Å². The quantitative estimate of drug-likeness (QED) is 0.745. The zero-order chi connectivity index (χ0) is 15.1. The minimum absolute atomic E-state index is 0.0643. The number of aliphatic carboxylic acids is 1. The normalized spacial score (nSPS) is 18.3. The second-order valence-electron chi connectivity index (χ2n) is 6.26. The van der Waals surface area contributed by atoms with E-state index in [1.54, 1.807) is 0 Å². The van der Waals surface area contributed by atoms with E-state index in [2.05, 4.69) is 13.8 Å². The van der Waals surface area contributed by atoms with Crippen molar-refractivity contribution >= 4 is 11.9 Å². The molecule has 1 fully saturated rings. The van der Waals surface area contributed by atoms with Gasteiger partial charge in [-0.1, -0.05) is 13.8 Å². The van der Waals surface area contributed by atoms with Crippen molar-refractivity contribution < 1.29 is 14.7 Å². The van der Waals surface area contributed by atoms with Crippen LogP contribution in [-0.2, 0) is 9.59 Å². The van der Waals surface area contributed by atoms with Crippen molar-refractivity contribution in [2.45, 2.75) is 46.0 Å². The number of piperidine rings is 1. The molecule has 1 rings (SSSR count). The lowest BCUT2D eigenvalue weighted by Crippen LogP contribution is -2.44. The molecule has 0 spiro atoms. The number of hydrogen-bond acceptors (Lipinski definition) is 3. The van der Waals surface area contributed by atoms with Crippen molar-refractivity contribution in [1.29, 1.82) is 0 Å². The van der Waals surface area contributed by atoms with Crippen LogP contribution in [-0.4, -0.2) is 41.5 Å². The molecule has 1 aliphatic rings. The number of carboxylic acid groups (broad SMARTS) is 1. The minimum Gasteiger partial charge on any atom is -0.481 e. The molecular formula is C15H28N2O3. The van der Waals surface area contributed by atoms with Crippen LogP contribution in [0.15, 0.2) is 0 Å². The summed E-state index contributed by atoms with van der Waals surface area (Å²) in [5.74, 6) is 0.296. The molecular weight excluding hydrogens is 256 g/mol. The smallest absolute Gasteiger partial charge is 0.303 e. The number of carbonyl (C=O) groups is 2. The average molecular weight is 284 g/mol. The molecule has 0 aromatic heterocycles. The molecule has 0 saturated carbocycles. The van der Waals surface area contributed by atoms with Gasteiger partial charge < -0.3 is 15.7 Å². The van der Waals surface area contributed by atoms with Crippen LogP contribution >= 0.6 is 0 Å². The van der Waals surface area contributed by atoms with Crippen molar-refractivity contribution in [3.8, 4) is 0 Å². The summed E-state index contributed by atoms with van der Waals surface area (Å²) >= 11 is 0. The van der Waals surface area contributed by atoms with Crippen LogP contribution in [0.5, 0.6) is 0 Å². The monoisotopic (exact) mass is 284 g/mol. The lowest BCUT2D eigenvalue weighted by atomic mass is 9.90. The molecule has 5 nitrogen and oxygen atoms in total. The summed E-state index contributed by atoms with van der Waals surface area (Å²) in [7, 11) is 0. The van der Waals surface area contributed by atoms with Crippen LogP contribution in [0, 0.1) is 17.8 Å². The molecule has 0 aliphatic carbocycles. The Bertz CT molecular complexity index is 323. The first kappa shape index (κ1) is 17.0. The average Bonchev–Trinajstić information content (AvgIpc) is 2.42. The van der Waals surface area contributed by atoms with Crippen LogP contribution in [0.25, 0.3) is 0 Å². The Morgan fingerprint density at radius 2 is 1.90 bits per heavy atom. The van der Waals surface area contributed by atoms with Gasteiger partial charge in [-0.25, -0.2) is 0 Å². The number of likely N-dealkylation sites (tertiary alicyclic amines) is 1. The Morgan fingerprint density at radius 3 is 2.35 bits per heavy atom. The highest BCUT2D eigenvalue weighted by atomic mass is 16.4. The standard InChI is InChI=1S/C15H28N2O3/c1-11(2)9-13(10-16)15(20)17-7-5-12(6-8-17)3-4-14(18)19/h11-13H,3-10,16H2,1-2H3,(H,18,19). The zero-order valence-electron chi connectivity index (χ0n) is 12.7. The maximum absolute atomic E-state index is 12.4.